The first-order chi connectivity index (χ1) is 12.5. The van der Waals surface area contributed by atoms with Gasteiger partial charge in [0.1, 0.15) is 18.1 Å². The van der Waals surface area contributed by atoms with Crippen molar-refractivity contribution in [3.63, 3.8) is 0 Å². The Labute approximate surface area is 153 Å². The summed E-state index contributed by atoms with van der Waals surface area (Å²) >= 11 is 0. The molecule has 6 heteroatoms. The summed E-state index contributed by atoms with van der Waals surface area (Å²) in [7, 11) is 4.80. The number of benzene rings is 2. The molecule has 2 amide bonds. The first kappa shape index (κ1) is 19.1. The molecule has 1 N–H and O–H groups in total. The van der Waals surface area contributed by atoms with E-state index >= 15 is 0 Å². The molecule has 0 heterocycles. The van der Waals surface area contributed by atoms with Crippen LogP contribution in [0.2, 0.25) is 0 Å². The Kier molecular flexibility index (Phi) is 6.38. The van der Waals surface area contributed by atoms with Gasteiger partial charge in [-0.15, -0.1) is 0 Å². The number of rotatable bonds is 7. The van der Waals surface area contributed by atoms with E-state index in [0.29, 0.717) is 34.9 Å². The molecule has 0 aromatic heterocycles. The molecule has 0 atom stereocenters. The van der Waals surface area contributed by atoms with Crippen LogP contribution in [0.25, 0.3) is 0 Å². The van der Waals surface area contributed by atoms with Crippen molar-refractivity contribution >= 4 is 17.5 Å². The molecule has 0 aliphatic carbocycles. The molecule has 0 unspecified atom stereocenters. The minimum atomic E-state index is -0.335. The summed E-state index contributed by atoms with van der Waals surface area (Å²) in [5.74, 6) is 0.352. The smallest absolute Gasteiger partial charge is 0.259 e. The molecule has 2 aromatic rings. The Morgan fingerprint density at radius 2 is 1.85 bits per heavy atom. The van der Waals surface area contributed by atoms with Gasteiger partial charge in [0.05, 0.1) is 18.2 Å². The molecule has 6 nitrogen and oxygen atoms in total. The highest BCUT2D eigenvalue weighted by molar-refractivity contribution is 6.07. The Hall–Kier alpha value is -3.28. The van der Waals surface area contributed by atoms with E-state index < -0.39 is 0 Å². The number of amides is 2. The second kappa shape index (κ2) is 8.71. The number of hydrogen-bond donors (Lipinski definition) is 1. The van der Waals surface area contributed by atoms with Crippen LogP contribution in [0.4, 0.5) is 5.69 Å². The van der Waals surface area contributed by atoms with Crippen LogP contribution in [0.1, 0.15) is 20.7 Å². The number of ether oxygens (including phenoxy) is 2. The van der Waals surface area contributed by atoms with Crippen LogP contribution in [0, 0.1) is 0 Å². The number of carbonyl (C=O) groups excluding carboxylic acids is 2. The normalized spacial score (nSPS) is 9.96. The van der Waals surface area contributed by atoms with Crippen molar-refractivity contribution in [3.8, 4) is 11.5 Å². The van der Waals surface area contributed by atoms with Gasteiger partial charge in [0.15, 0.2) is 0 Å². The zero-order valence-corrected chi connectivity index (χ0v) is 15.1. The van der Waals surface area contributed by atoms with Crippen molar-refractivity contribution in [2.45, 2.75) is 0 Å². The van der Waals surface area contributed by atoms with E-state index in [1.807, 2.05) is 0 Å². The minimum Gasteiger partial charge on any atom is -0.496 e. The van der Waals surface area contributed by atoms with Crippen LogP contribution >= 0.6 is 0 Å². The zero-order chi connectivity index (χ0) is 19.1. The number of methoxy groups -OCH3 is 1. The van der Waals surface area contributed by atoms with E-state index in [0.717, 1.165) is 0 Å². The van der Waals surface area contributed by atoms with Crippen LogP contribution in [0.15, 0.2) is 55.1 Å². The molecule has 136 valence electrons. The average Bonchev–Trinajstić information content (AvgIpc) is 2.65. The molecule has 0 saturated heterocycles. The van der Waals surface area contributed by atoms with Gasteiger partial charge >= 0.3 is 0 Å². The minimum absolute atomic E-state index is 0.215. The van der Waals surface area contributed by atoms with Crippen molar-refractivity contribution in [2.75, 3.05) is 33.1 Å². The number of para-hydroxylation sites is 1. The number of nitrogens with one attached hydrogen (secondary N) is 1. The predicted octanol–water partition coefficient (Wildman–Crippen LogP) is 3.21. The molecule has 0 saturated carbocycles. The second-order valence-electron chi connectivity index (χ2n) is 5.66. The van der Waals surface area contributed by atoms with Crippen molar-refractivity contribution in [1.29, 1.82) is 0 Å². The maximum Gasteiger partial charge on any atom is 0.259 e. The second-order valence-corrected chi connectivity index (χ2v) is 5.66. The largest absolute Gasteiger partial charge is 0.496 e. The van der Waals surface area contributed by atoms with Crippen LogP contribution in [-0.4, -0.2) is 44.5 Å². The van der Waals surface area contributed by atoms with Gasteiger partial charge in [-0.2, -0.15) is 0 Å². The Bertz CT molecular complexity index is 815. The molecule has 0 aliphatic rings. The number of nitrogens with zero attached hydrogens (tertiary/aromatic N) is 1. The lowest BCUT2D eigenvalue weighted by atomic mass is 10.1. The van der Waals surface area contributed by atoms with Gasteiger partial charge in [-0.05, 0) is 30.3 Å². The van der Waals surface area contributed by atoms with Gasteiger partial charge in [0.2, 0.25) is 0 Å². The zero-order valence-electron chi connectivity index (χ0n) is 15.1. The monoisotopic (exact) mass is 354 g/mol. The van der Waals surface area contributed by atoms with E-state index in [1.54, 1.807) is 62.6 Å². The highest BCUT2D eigenvalue weighted by Crippen LogP contribution is 2.25. The van der Waals surface area contributed by atoms with Crippen LogP contribution in [-0.2, 0) is 0 Å². The predicted molar refractivity (Wildman–Crippen MR) is 101 cm³/mol. The molecule has 0 bridgehead atoms. The first-order valence-corrected chi connectivity index (χ1v) is 8.01. The topological polar surface area (TPSA) is 67.9 Å². The maximum atomic E-state index is 12.6. The fraction of sp³-hybridized carbons (Fsp3) is 0.200. The highest BCUT2D eigenvalue weighted by atomic mass is 16.5. The third-order valence-electron chi connectivity index (χ3n) is 3.58. The van der Waals surface area contributed by atoms with E-state index in [9.17, 15) is 9.59 Å². The SMILES string of the molecule is C=CCOc1ccccc1C(=O)Nc1ccc(OC)c(C(=O)N(C)C)c1. The fourth-order valence-electron chi connectivity index (χ4n) is 2.32. The quantitative estimate of drug-likeness (QED) is 0.775. The fourth-order valence-corrected chi connectivity index (χ4v) is 2.32. The summed E-state index contributed by atoms with van der Waals surface area (Å²) < 4.78 is 10.8. The van der Waals surface area contributed by atoms with Crippen molar-refractivity contribution < 1.29 is 19.1 Å². The van der Waals surface area contributed by atoms with Gasteiger partial charge in [-0.25, -0.2) is 0 Å². The third kappa shape index (κ3) is 4.42. The molecular weight excluding hydrogens is 332 g/mol. The van der Waals surface area contributed by atoms with Crippen LogP contribution in [0.5, 0.6) is 11.5 Å². The summed E-state index contributed by atoms with van der Waals surface area (Å²) in [5.41, 5.74) is 1.25. The lowest BCUT2D eigenvalue weighted by Gasteiger charge is -2.15. The first-order valence-electron chi connectivity index (χ1n) is 8.01. The molecule has 2 rings (SSSR count). The van der Waals surface area contributed by atoms with Gasteiger partial charge in [-0.3, -0.25) is 9.59 Å². The molecule has 2 aromatic carbocycles. The summed E-state index contributed by atoms with van der Waals surface area (Å²) in [5, 5.41) is 2.79. The Morgan fingerprint density at radius 1 is 1.12 bits per heavy atom. The molecular formula is C20H22N2O4. The molecule has 26 heavy (non-hydrogen) atoms. The van der Waals surface area contributed by atoms with E-state index in [-0.39, 0.29) is 11.8 Å². The van der Waals surface area contributed by atoms with E-state index in [2.05, 4.69) is 11.9 Å². The van der Waals surface area contributed by atoms with E-state index in [4.69, 9.17) is 9.47 Å². The third-order valence-corrected chi connectivity index (χ3v) is 3.58. The summed E-state index contributed by atoms with van der Waals surface area (Å²) in [6.45, 7) is 3.90. The van der Waals surface area contributed by atoms with Crippen LogP contribution < -0.4 is 14.8 Å². The highest BCUT2D eigenvalue weighted by Gasteiger charge is 2.17. The van der Waals surface area contributed by atoms with Gasteiger partial charge in [0.25, 0.3) is 11.8 Å². The molecule has 0 fully saturated rings. The number of anilines is 1. The number of hydrogen-bond acceptors (Lipinski definition) is 4. The standard InChI is InChI=1S/C20H22N2O4/c1-5-12-26-18-9-7-6-8-15(18)19(23)21-14-10-11-17(25-4)16(13-14)20(24)22(2)3/h5-11,13H,1,12H2,2-4H3,(H,21,23). The van der Waals surface area contributed by atoms with Gasteiger partial charge < -0.3 is 19.7 Å². The summed E-state index contributed by atoms with van der Waals surface area (Å²) in [4.78, 5) is 26.4. The molecule has 0 radical (unpaired) electrons. The lowest BCUT2D eigenvalue weighted by Crippen LogP contribution is -2.22. The van der Waals surface area contributed by atoms with Crippen molar-refractivity contribution in [2.24, 2.45) is 0 Å². The molecule has 0 spiro atoms. The van der Waals surface area contributed by atoms with Crippen molar-refractivity contribution in [3.05, 3.63) is 66.2 Å². The summed E-state index contributed by atoms with van der Waals surface area (Å²) in [6.07, 6.45) is 1.61. The Balaban J connectivity index is 2.28. The lowest BCUT2D eigenvalue weighted by molar-refractivity contribution is 0.0824. The van der Waals surface area contributed by atoms with Crippen LogP contribution in [0.3, 0.4) is 0 Å². The molecule has 0 aliphatic heterocycles. The Morgan fingerprint density at radius 3 is 2.50 bits per heavy atom. The van der Waals surface area contributed by atoms with Gasteiger partial charge in [0, 0.05) is 19.8 Å². The maximum absolute atomic E-state index is 12.6. The average molecular weight is 354 g/mol. The number of carbonyl (C=O) groups is 2. The van der Waals surface area contributed by atoms with Gasteiger partial charge in [-0.1, -0.05) is 24.8 Å². The van der Waals surface area contributed by atoms with E-state index in [1.165, 1.54) is 12.0 Å². The van der Waals surface area contributed by atoms with Crippen molar-refractivity contribution in [1.82, 2.24) is 4.90 Å². The summed E-state index contributed by atoms with van der Waals surface area (Å²) in [6, 6.07) is 11.8.